The fraction of sp³-hybridized carbons (Fsp3) is 0.444. The van der Waals surface area contributed by atoms with Gasteiger partial charge >= 0.3 is 0 Å². The standard InChI is InChI=1S/C9H12O2S/c1-7(11)6-9-3-2-8(12-9)4-5-10/h2-3,5,7,11H,4,6H2,1H3/t7-/m1/s1. The fourth-order valence-corrected chi connectivity index (χ4v) is 2.10. The molecule has 0 aliphatic rings. The topological polar surface area (TPSA) is 37.3 Å². The lowest BCUT2D eigenvalue weighted by atomic mass is 10.2. The molecular formula is C9H12O2S. The molecule has 1 aromatic rings. The van der Waals surface area contributed by atoms with E-state index < -0.39 is 0 Å². The number of aliphatic hydroxyl groups is 1. The minimum absolute atomic E-state index is 0.298. The molecule has 0 aliphatic heterocycles. The van der Waals surface area contributed by atoms with Gasteiger partial charge in [0, 0.05) is 22.6 Å². The van der Waals surface area contributed by atoms with Gasteiger partial charge in [-0.2, -0.15) is 0 Å². The zero-order valence-electron chi connectivity index (χ0n) is 6.99. The van der Waals surface area contributed by atoms with Crippen LogP contribution in [0.25, 0.3) is 0 Å². The average Bonchev–Trinajstić information content (AvgIpc) is 2.36. The monoisotopic (exact) mass is 184 g/mol. The lowest BCUT2D eigenvalue weighted by Gasteiger charge is -1.98. The molecule has 0 radical (unpaired) electrons. The van der Waals surface area contributed by atoms with Crippen molar-refractivity contribution in [3.05, 3.63) is 21.9 Å². The predicted molar refractivity (Wildman–Crippen MR) is 49.5 cm³/mol. The van der Waals surface area contributed by atoms with Crippen molar-refractivity contribution in [3.63, 3.8) is 0 Å². The van der Waals surface area contributed by atoms with Gasteiger partial charge in [0.05, 0.1) is 6.10 Å². The summed E-state index contributed by atoms with van der Waals surface area (Å²) in [5.74, 6) is 0. The van der Waals surface area contributed by atoms with Crippen LogP contribution in [0.2, 0.25) is 0 Å². The number of aldehydes is 1. The number of rotatable bonds is 4. The molecule has 1 atom stereocenters. The molecule has 0 aromatic carbocycles. The van der Waals surface area contributed by atoms with Crippen LogP contribution < -0.4 is 0 Å². The predicted octanol–water partition coefficient (Wildman–Crippen LogP) is 1.41. The average molecular weight is 184 g/mol. The Morgan fingerprint density at radius 2 is 2.25 bits per heavy atom. The number of hydrogen-bond donors (Lipinski definition) is 1. The van der Waals surface area contributed by atoms with Crippen LogP contribution in [-0.2, 0) is 17.6 Å². The van der Waals surface area contributed by atoms with E-state index in [0.717, 1.165) is 16.0 Å². The summed E-state index contributed by atoms with van der Waals surface area (Å²) in [5.41, 5.74) is 0. The Bertz CT molecular complexity index is 253. The van der Waals surface area contributed by atoms with Crippen molar-refractivity contribution in [1.82, 2.24) is 0 Å². The third-order valence-corrected chi connectivity index (χ3v) is 2.63. The Balaban J connectivity index is 2.57. The van der Waals surface area contributed by atoms with Crippen molar-refractivity contribution in [1.29, 1.82) is 0 Å². The SMILES string of the molecule is C[C@@H](O)Cc1ccc(CC=O)s1. The largest absolute Gasteiger partial charge is 0.393 e. The molecule has 1 aromatic heterocycles. The third-order valence-electron chi connectivity index (χ3n) is 1.50. The Hall–Kier alpha value is -0.670. The molecule has 66 valence electrons. The minimum atomic E-state index is -0.298. The number of aliphatic hydroxyl groups excluding tert-OH is 1. The van der Waals surface area contributed by atoms with Crippen LogP contribution in [-0.4, -0.2) is 17.5 Å². The van der Waals surface area contributed by atoms with E-state index in [0.29, 0.717) is 12.8 Å². The van der Waals surface area contributed by atoms with Crippen LogP contribution in [0.3, 0.4) is 0 Å². The van der Waals surface area contributed by atoms with Gasteiger partial charge < -0.3 is 9.90 Å². The zero-order chi connectivity index (χ0) is 8.97. The first kappa shape index (κ1) is 9.42. The fourth-order valence-electron chi connectivity index (χ4n) is 1.02. The van der Waals surface area contributed by atoms with Gasteiger partial charge in [-0.05, 0) is 19.1 Å². The molecule has 1 heterocycles. The van der Waals surface area contributed by atoms with E-state index in [2.05, 4.69) is 0 Å². The first-order valence-corrected chi connectivity index (χ1v) is 4.73. The molecule has 1 N–H and O–H groups in total. The van der Waals surface area contributed by atoms with E-state index >= 15 is 0 Å². The van der Waals surface area contributed by atoms with E-state index in [1.165, 1.54) is 0 Å². The van der Waals surface area contributed by atoms with Crippen molar-refractivity contribution >= 4 is 17.6 Å². The smallest absolute Gasteiger partial charge is 0.125 e. The highest BCUT2D eigenvalue weighted by molar-refractivity contribution is 7.12. The minimum Gasteiger partial charge on any atom is -0.393 e. The highest BCUT2D eigenvalue weighted by Crippen LogP contribution is 2.17. The van der Waals surface area contributed by atoms with Crippen LogP contribution in [0.15, 0.2) is 12.1 Å². The lowest BCUT2D eigenvalue weighted by Crippen LogP contribution is -2.01. The maximum absolute atomic E-state index is 10.2. The van der Waals surface area contributed by atoms with Crippen LogP contribution in [0, 0.1) is 0 Å². The third kappa shape index (κ3) is 2.75. The molecule has 0 unspecified atom stereocenters. The van der Waals surface area contributed by atoms with Crippen LogP contribution >= 0.6 is 11.3 Å². The summed E-state index contributed by atoms with van der Waals surface area (Å²) in [4.78, 5) is 12.4. The van der Waals surface area contributed by atoms with Crippen LogP contribution in [0.1, 0.15) is 16.7 Å². The van der Waals surface area contributed by atoms with Crippen molar-refractivity contribution in [2.75, 3.05) is 0 Å². The highest BCUT2D eigenvalue weighted by atomic mass is 32.1. The molecule has 3 heteroatoms. The quantitative estimate of drug-likeness (QED) is 0.718. The molecule has 0 saturated carbocycles. The number of carbonyl (C=O) groups is 1. The van der Waals surface area contributed by atoms with Gasteiger partial charge in [-0.3, -0.25) is 0 Å². The van der Waals surface area contributed by atoms with Gasteiger partial charge in [-0.25, -0.2) is 0 Å². The second kappa shape index (κ2) is 4.38. The maximum atomic E-state index is 10.2. The molecule has 12 heavy (non-hydrogen) atoms. The van der Waals surface area contributed by atoms with Crippen LogP contribution in [0.5, 0.6) is 0 Å². The molecule has 0 spiro atoms. The Morgan fingerprint density at radius 1 is 1.58 bits per heavy atom. The summed E-state index contributed by atoms with van der Waals surface area (Å²) >= 11 is 1.59. The van der Waals surface area contributed by atoms with Crippen molar-refractivity contribution in [2.45, 2.75) is 25.9 Å². The normalized spacial score (nSPS) is 12.8. The van der Waals surface area contributed by atoms with E-state index in [4.69, 9.17) is 5.11 Å². The summed E-state index contributed by atoms with van der Waals surface area (Å²) in [6, 6.07) is 3.91. The van der Waals surface area contributed by atoms with Crippen molar-refractivity contribution in [3.8, 4) is 0 Å². The first-order chi connectivity index (χ1) is 5.72. The van der Waals surface area contributed by atoms with Gasteiger partial charge in [0.25, 0.3) is 0 Å². The summed E-state index contributed by atoms with van der Waals surface area (Å²) in [5, 5.41) is 9.08. The number of thiophene rings is 1. The Kier molecular flexibility index (Phi) is 3.44. The van der Waals surface area contributed by atoms with E-state index in [-0.39, 0.29) is 6.10 Å². The van der Waals surface area contributed by atoms with Gasteiger partial charge in [-0.15, -0.1) is 11.3 Å². The highest BCUT2D eigenvalue weighted by Gasteiger charge is 2.02. The van der Waals surface area contributed by atoms with Crippen molar-refractivity contribution in [2.24, 2.45) is 0 Å². The number of hydrogen-bond acceptors (Lipinski definition) is 3. The molecule has 0 amide bonds. The summed E-state index contributed by atoms with van der Waals surface area (Å²) in [6.45, 7) is 1.76. The second-order valence-corrected chi connectivity index (χ2v) is 4.04. The van der Waals surface area contributed by atoms with Gasteiger partial charge in [0.15, 0.2) is 0 Å². The second-order valence-electron chi connectivity index (χ2n) is 2.79. The van der Waals surface area contributed by atoms with Crippen molar-refractivity contribution < 1.29 is 9.90 Å². The Morgan fingerprint density at radius 3 is 2.83 bits per heavy atom. The first-order valence-electron chi connectivity index (χ1n) is 3.91. The summed E-state index contributed by atoms with van der Waals surface area (Å²) in [7, 11) is 0. The molecule has 0 aliphatic carbocycles. The molecule has 0 saturated heterocycles. The molecule has 2 nitrogen and oxygen atoms in total. The molecular weight excluding hydrogens is 172 g/mol. The molecule has 1 rings (SSSR count). The molecule has 0 fully saturated rings. The van der Waals surface area contributed by atoms with Crippen LogP contribution in [0.4, 0.5) is 0 Å². The van der Waals surface area contributed by atoms with Gasteiger partial charge in [0.2, 0.25) is 0 Å². The molecule has 0 bridgehead atoms. The van der Waals surface area contributed by atoms with Gasteiger partial charge in [0.1, 0.15) is 6.29 Å². The summed E-state index contributed by atoms with van der Waals surface area (Å²) in [6.07, 6.45) is 1.78. The van der Waals surface area contributed by atoms with E-state index in [9.17, 15) is 4.79 Å². The maximum Gasteiger partial charge on any atom is 0.125 e. The Labute approximate surface area is 75.9 Å². The zero-order valence-corrected chi connectivity index (χ0v) is 7.80. The van der Waals surface area contributed by atoms with E-state index in [1.54, 1.807) is 18.3 Å². The van der Waals surface area contributed by atoms with E-state index in [1.807, 2.05) is 12.1 Å². The van der Waals surface area contributed by atoms with Gasteiger partial charge in [-0.1, -0.05) is 0 Å². The summed E-state index contributed by atoms with van der Waals surface area (Å²) < 4.78 is 0. The lowest BCUT2D eigenvalue weighted by molar-refractivity contribution is -0.107. The number of carbonyl (C=O) groups excluding carboxylic acids is 1.